The van der Waals surface area contributed by atoms with Crippen LogP contribution in [0.4, 0.5) is 11.4 Å². The third-order valence-electron chi connectivity index (χ3n) is 3.28. The van der Waals surface area contributed by atoms with Crippen molar-refractivity contribution >= 4 is 23.3 Å². The van der Waals surface area contributed by atoms with Gasteiger partial charge in [-0.3, -0.25) is 4.79 Å². The largest absolute Gasteiger partial charge is 0.478 e. The summed E-state index contributed by atoms with van der Waals surface area (Å²) in [4.78, 5) is 22.9. The minimum absolute atomic E-state index is 0.0538. The number of carboxylic acid groups (broad SMARTS) is 1. The van der Waals surface area contributed by atoms with Crippen LogP contribution >= 0.6 is 0 Å². The van der Waals surface area contributed by atoms with E-state index in [0.29, 0.717) is 18.9 Å². The van der Waals surface area contributed by atoms with Gasteiger partial charge in [-0.25, -0.2) is 4.79 Å². The Bertz CT molecular complexity index is 529. The quantitative estimate of drug-likeness (QED) is 0.683. The summed E-state index contributed by atoms with van der Waals surface area (Å²) in [5.41, 5.74) is 1.39. The standard InChI is InChI=1S/C12H12N2O4/c15-11-7-4-18-5-10(7)13-8-2-1-6(12(16)17)3-9(8)14-11/h1-3,7,10,13H,4-5H2,(H,14,15)(H,16,17). The van der Waals surface area contributed by atoms with Crippen LogP contribution in [0.1, 0.15) is 10.4 Å². The van der Waals surface area contributed by atoms with Crippen LogP contribution in [0.2, 0.25) is 0 Å². The van der Waals surface area contributed by atoms with Crippen LogP contribution in [0.15, 0.2) is 18.2 Å². The average molecular weight is 248 g/mol. The van der Waals surface area contributed by atoms with Crippen LogP contribution in [0.5, 0.6) is 0 Å². The molecule has 6 heteroatoms. The fourth-order valence-electron chi connectivity index (χ4n) is 2.29. The van der Waals surface area contributed by atoms with E-state index in [2.05, 4.69) is 10.6 Å². The second-order valence-corrected chi connectivity index (χ2v) is 4.45. The van der Waals surface area contributed by atoms with Gasteiger partial charge in [0.25, 0.3) is 0 Å². The second-order valence-electron chi connectivity index (χ2n) is 4.45. The van der Waals surface area contributed by atoms with E-state index in [9.17, 15) is 9.59 Å². The maximum Gasteiger partial charge on any atom is 0.335 e. The third kappa shape index (κ3) is 1.70. The van der Waals surface area contributed by atoms with Crippen LogP contribution in [0.3, 0.4) is 0 Å². The van der Waals surface area contributed by atoms with E-state index in [1.54, 1.807) is 6.07 Å². The lowest BCUT2D eigenvalue weighted by atomic mass is 10.0. The average Bonchev–Trinajstić information content (AvgIpc) is 2.74. The monoisotopic (exact) mass is 248 g/mol. The lowest BCUT2D eigenvalue weighted by Crippen LogP contribution is -2.33. The smallest absolute Gasteiger partial charge is 0.335 e. The van der Waals surface area contributed by atoms with Crippen molar-refractivity contribution in [1.82, 2.24) is 0 Å². The SMILES string of the molecule is O=C(O)c1ccc2c(c1)NC(=O)C1COCC1N2. The van der Waals surface area contributed by atoms with E-state index in [-0.39, 0.29) is 23.4 Å². The predicted molar refractivity (Wildman–Crippen MR) is 63.8 cm³/mol. The summed E-state index contributed by atoms with van der Waals surface area (Å²) in [6.45, 7) is 0.876. The Morgan fingerprint density at radius 3 is 2.94 bits per heavy atom. The molecule has 6 nitrogen and oxygen atoms in total. The molecule has 0 aliphatic carbocycles. The Morgan fingerprint density at radius 2 is 2.17 bits per heavy atom. The first-order valence-electron chi connectivity index (χ1n) is 5.67. The highest BCUT2D eigenvalue weighted by Crippen LogP contribution is 2.31. The van der Waals surface area contributed by atoms with Crippen LogP contribution in [-0.2, 0) is 9.53 Å². The molecule has 3 rings (SSSR count). The van der Waals surface area contributed by atoms with Crippen LogP contribution in [0.25, 0.3) is 0 Å². The second kappa shape index (κ2) is 3.99. The topological polar surface area (TPSA) is 87.7 Å². The van der Waals surface area contributed by atoms with Gasteiger partial charge in [-0.15, -0.1) is 0 Å². The van der Waals surface area contributed by atoms with E-state index >= 15 is 0 Å². The van der Waals surface area contributed by atoms with E-state index in [1.807, 2.05) is 0 Å². The lowest BCUT2D eigenvalue weighted by Gasteiger charge is -2.14. The molecule has 0 spiro atoms. The molecule has 2 aliphatic rings. The number of carbonyl (C=O) groups excluding carboxylic acids is 1. The van der Waals surface area contributed by atoms with Gasteiger partial charge in [0.05, 0.1) is 42.1 Å². The Kier molecular flexibility index (Phi) is 2.45. The van der Waals surface area contributed by atoms with E-state index in [4.69, 9.17) is 9.84 Å². The number of carbonyl (C=O) groups is 2. The van der Waals surface area contributed by atoms with Crippen molar-refractivity contribution in [1.29, 1.82) is 0 Å². The number of amides is 1. The molecular formula is C12H12N2O4. The molecule has 1 saturated heterocycles. The Labute approximate surface area is 103 Å². The van der Waals surface area contributed by atoms with Gasteiger partial charge < -0.3 is 20.5 Å². The zero-order valence-corrected chi connectivity index (χ0v) is 9.47. The lowest BCUT2D eigenvalue weighted by molar-refractivity contribution is -0.119. The summed E-state index contributed by atoms with van der Waals surface area (Å²) in [6.07, 6.45) is 0. The number of carboxylic acids is 1. The number of hydrogen-bond acceptors (Lipinski definition) is 4. The minimum atomic E-state index is -1.01. The first-order chi connectivity index (χ1) is 8.65. The van der Waals surface area contributed by atoms with E-state index in [1.165, 1.54) is 12.1 Å². The van der Waals surface area contributed by atoms with Crippen LogP contribution in [0, 0.1) is 5.92 Å². The van der Waals surface area contributed by atoms with Gasteiger partial charge in [-0.05, 0) is 18.2 Å². The molecule has 0 aromatic heterocycles. The van der Waals surface area contributed by atoms with Crippen molar-refractivity contribution in [3.05, 3.63) is 23.8 Å². The Balaban J connectivity index is 2.00. The van der Waals surface area contributed by atoms with Gasteiger partial charge in [0.2, 0.25) is 5.91 Å². The molecule has 2 aliphatic heterocycles. The molecular weight excluding hydrogens is 236 g/mol. The highest BCUT2D eigenvalue weighted by atomic mass is 16.5. The fourth-order valence-corrected chi connectivity index (χ4v) is 2.29. The number of aromatic carboxylic acids is 1. The first kappa shape index (κ1) is 11.0. The number of ether oxygens (including phenoxy) is 1. The van der Waals surface area contributed by atoms with E-state index in [0.717, 1.165) is 5.69 Å². The normalized spacial score (nSPS) is 25.4. The number of hydrogen-bond donors (Lipinski definition) is 3. The van der Waals surface area contributed by atoms with Crippen LogP contribution in [-0.4, -0.2) is 36.2 Å². The highest BCUT2D eigenvalue weighted by Gasteiger charge is 2.36. The minimum Gasteiger partial charge on any atom is -0.478 e. The molecule has 0 bridgehead atoms. The third-order valence-corrected chi connectivity index (χ3v) is 3.28. The van der Waals surface area contributed by atoms with Crippen molar-refractivity contribution in [2.24, 2.45) is 5.92 Å². The van der Waals surface area contributed by atoms with Gasteiger partial charge >= 0.3 is 5.97 Å². The summed E-state index contributed by atoms with van der Waals surface area (Å²) in [5, 5.41) is 14.9. The highest BCUT2D eigenvalue weighted by molar-refractivity contribution is 6.00. The van der Waals surface area contributed by atoms with Crippen molar-refractivity contribution in [3.63, 3.8) is 0 Å². The summed E-state index contributed by atoms with van der Waals surface area (Å²) >= 11 is 0. The van der Waals surface area contributed by atoms with Crippen LogP contribution < -0.4 is 10.6 Å². The Morgan fingerprint density at radius 1 is 1.33 bits per heavy atom. The number of fused-ring (bicyclic) bond motifs is 2. The van der Waals surface area contributed by atoms with Gasteiger partial charge in [-0.1, -0.05) is 0 Å². The number of nitrogens with one attached hydrogen (secondary N) is 2. The number of rotatable bonds is 1. The Hall–Kier alpha value is -2.08. The zero-order chi connectivity index (χ0) is 12.7. The first-order valence-corrected chi connectivity index (χ1v) is 5.67. The summed E-state index contributed by atoms with van der Waals surface area (Å²) in [6, 6.07) is 4.59. The van der Waals surface area contributed by atoms with Gasteiger partial charge in [0, 0.05) is 0 Å². The molecule has 0 radical (unpaired) electrons. The van der Waals surface area contributed by atoms with Crippen molar-refractivity contribution < 1.29 is 19.4 Å². The predicted octanol–water partition coefficient (Wildman–Crippen LogP) is 0.764. The molecule has 2 heterocycles. The molecule has 1 aromatic carbocycles. The molecule has 1 amide bonds. The maximum atomic E-state index is 12.0. The maximum absolute atomic E-state index is 12.0. The van der Waals surface area contributed by atoms with Crippen molar-refractivity contribution in [3.8, 4) is 0 Å². The molecule has 0 saturated carbocycles. The van der Waals surface area contributed by atoms with Gasteiger partial charge in [0.1, 0.15) is 0 Å². The van der Waals surface area contributed by atoms with Crippen molar-refractivity contribution in [2.75, 3.05) is 23.8 Å². The molecule has 1 aromatic rings. The van der Waals surface area contributed by atoms with Gasteiger partial charge in [-0.2, -0.15) is 0 Å². The van der Waals surface area contributed by atoms with Gasteiger partial charge in [0.15, 0.2) is 0 Å². The van der Waals surface area contributed by atoms with E-state index < -0.39 is 5.97 Å². The molecule has 2 unspecified atom stereocenters. The fraction of sp³-hybridized carbons (Fsp3) is 0.333. The summed E-state index contributed by atoms with van der Waals surface area (Å²) in [7, 11) is 0. The van der Waals surface area contributed by atoms with Crippen molar-refractivity contribution in [2.45, 2.75) is 6.04 Å². The molecule has 1 fully saturated rings. The molecule has 2 atom stereocenters. The number of anilines is 2. The zero-order valence-electron chi connectivity index (χ0n) is 9.47. The summed E-state index contributed by atoms with van der Waals surface area (Å²) < 4.78 is 5.28. The molecule has 18 heavy (non-hydrogen) atoms. The summed E-state index contributed by atoms with van der Waals surface area (Å²) in [5.74, 6) is -1.38. The molecule has 3 N–H and O–H groups in total. The number of benzene rings is 1. The molecule has 94 valence electrons.